The van der Waals surface area contributed by atoms with E-state index >= 15 is 0 Å². The first-order valence-electron chi connectivity index (χ1n) is 6.78. The van der Waals surface area contributed by atoms with Gasteiger partial charge in [0.15, 0.2) is 0 Å². The molecule has 0 saturated carbocycles. The van der Waals surface area contributed by atoms with Crippen molar-refractivity contribution in [3.05, 3.63) is 34.6 Å². The van der Waals surface area contributed by atoms with Crippen LogP contribution in [0, 0.1) is 0 Å². The fraction of sp³-hybridized carbons (Fsp3) is 0.308. The van der Waals surface area contributed by atoms with Crippen molar-refractivity contribution >= 4 is 40.7 Å². The standard InChI is InChI=1S/C13H12Cl2N6O2/c14-10-5-9(19-12(15)20-10)11(22)18-8-6-16-13(17-7-8)21-1-3-23-4-2-21/h5-7H,1-4H2,(H,18,22). The quantitative estimate of drug-likeness (QED) is 0.661. The third-order valence-corrected chi connectivity index (χ3v) is 3.45. The van der Waals surface area contributed by atoms with Crippen molar-refractivity contribution in [3.63, 3.8) is 0 Å². The number of ether oxygens (including phenoxy) is 1. The summed E-state index contributed by atoms with van der Waals surface area (Å²) in [5.41, 5.74) is 0.505. The lowest BCUT2D eigenvalue weighted by Crippen LogP contribution is -2.37. The molecular weight excluding hydrogens is 343 g/mol. The summed E-state index contributed by atoms with van der Waals surface area (Å²) < 4.78 is 5.28. The Bertz CT molecular complexity index is 686. The second-order valence-corrected chi connectivity index (χ2v) is 5.40. The molecule has 1 fully saturated rings. The Hall–Kier alpha value is -2.03. The second kappa shape index (κ2) is 7.03. The Morgan fingerprint density at radius 3 is 2.52 bits per heavy atom. The number of anilines is 2. The van der Waals surface area contributed by atoms with E-state index in [-0.39, 0.29) is 16.1 Å². The molecule has 1 aliphatic heterocycles. The minimum Gasteiger partial charge on any atom is -0.378 e. The van der Waals surface area contributed by atoms with Crippen LogP contribution in [0.5, 0.6) is 0 Å². The van der Waals surface area contributed by atoms with Gasteiger partial charge in [-0.3, -0.25) is 4.79 Å². The molecule has 0 radical (unpaired) electrons. The maximum absolute atomic E-state index is 12.1. The van der Waals surface area contributed by atoms with Crippen molar-refractivity contribution in [1.29, 1.82) is 0 Å². The highest BCUT2D eigenvalue weighted by Crippen LogP contribution is 2.14. The molecule has 3 rings (SSSR count). The zero-order chi connectivity index (χ0) is 16.2. The third kappa shape index (κ3) is 4.04. The Kier molecular flexibility index (Phi) is 4.85. The summed E-state index contributed by atoms with van der Waals surface area (Å²) >= 11 is 11.4. The number of carbonyl (C=O) groups is 1. The van der Waals surface area contributed by atoms with Crippen molar-refractivity contribution in [2.24, 2.45) is 0 Å². The third-order valence-electron chi connectivity index (χ3n) is 3.09. The minimum absolute atomic E-state index is 0.0623. The highest BCUT2D eigenvalue weighted by molar-refractivity contribution is 6.32. The van der Waals surface area contributed by atoms with Crippen LogP contribution in [0.15, 0.2) is 18.5 Å². The smallest absolute Gasteiger partial charge is 0.274 e. The summed E-state index contributed by atoms with van der Waals surface area (Å²) in [4.78, 5) is 30.1. The van der Waals surface area contributed by atoms with E-state index in [2.05, 4.69) is 25.3 Å². The zero-order valence-corrected chi connectivity index (χ0v) is 13.4. The lowest BCUT2D eigenvalue weighted by Gasteiger charge is -2.26. The van der Waals surface area contributed by atoms with Crippen LogP contribution in [0.4, 0.5) is 11.6 Å². The summed E-state index contributed by atoms with van der Waals surface area (Å²) in [5.74, 6) is 0.123. The molecule has 23 heavy (non-hydrogen) atoms. The molecule has 1 N–H and O–H groups in total. The molecule has 0 atom stereocenters. The summed E-state index contributed by atoms with van der Waals surface area (Å²) in [6.45, 7) is 2.78. The Morgan fingerprint density at radius 1 is 1.17 bits per heavy atom. The van der Waals surface area contributed by atoms with Crippen molar-refractivity contribution in [1.82, 2.24) is 19.9 Å². The van der Waals surface area contributed by atoms with E-state index in [1.807, 2.05) is 4.90 Å². The maximum Gasteiger partial charge on any atom is 0.274 e. The summed E-state index contributed by atoms with van der Waals surface area (Å²) in [7, 11) is 0. The van der Waals surface area contributed by atoms with Crippen molar-refractivity contribution in [3.8, 4) is 0 Å². The number of halogens is 2. The lowest BCUT2D eigenvalue weighted by molar-refractivity contribution is 0.102. The largest absolute Gasteiger partial charge is 0.378 e. The SMILES string of the molecule is O=C(Nc1cnc(N2CCOCC2)nc1)c1cc(Cl)nc(Cl)n1. The van der Waals surface area contributed by atoms with Gasteiger partial charge in [0, 0.05) is 19.2 Å². The summed E-state index contributed by atoms with van der Waals surface area (Å²) in [6, 6.07) is 1.33. The Labute approximate surface area is 141 Å². The molecule has 8 nitrogen and oxygen atoms in total. The number of aromatic nitrogens is 4. The number of amides is 1. The molecule has 0 aromatic carbocycles. The van der Waals surface area contributed by atoms with Crippen LogP contribution < -0.4 is 10.2 Å². The second-order valence-electron chi connectivity index (χ2n) is 4.67. The van der Waals surface area contributed by atoms with Gasteiger partial charge in [-0.15, -0.1) is 0 Å². The normalized spacial score (nSPS) is 14.6. The number of carbonyl (C=O) groups excluding carboxylic acids is 1. The van der Waals surface area contributed by atoms with Gasteiger partial charge < -0.3 is 15.0 Å². The van der Waals surface area contributed by atoms with Gasteiger partial charge in [-0.2, -0.15) is 0 Å². The molecule has 3 heterocycles. The number of hydrogen-bond donors (Lipinski definition) is 1. The molecular formula is C13H12Cl2N6O2. The Balaban J connectivity index is 1.68. The number of rotatable bonds is 3. The lowest BCUT2D eigenvalue weighted by atomic mass is 10.3. The van der Waals surface area contributed by atoms with E-state index in [4.69, 9.17) is 27.9 Å². The van der Waals surface area contributed by atoms with E-state index in [9.17, 15) is 4.79 Å². The molecule has 0 spiro atoms. The minimum atomic E-state index is -0.473. The molecule has 0 aliphatic carbocycles. The van der Waals surface area contributed by atoms with Gasteiger partial charge in [0.2, 0.25) is 11.2 Å². The van der Waals surface area contributed by atoms with Crippen LogP contribution in [0.3, 0.4) is 0 Å². The van der Waals surface area contributed by atoms with Crippen LogP contribution in [0.25, 0.3) is 0 Å². The van der Waals surface area contributed by atoms with Gasteiger partial charge in [0.1, 0.15) is 10.8 Å². The fourth-order valence-corrected chi connectivity index (χ4v) is 2.42. The monoisotopic (exact) mass is 354 g/mol. The van der Waals surface area contributed by atoms with E-state index in [1.54, 1.807) is 0 Å². The molecule has 1 aliphatic rings. The van der Waals surface area contributed by atoms with Gasteiger partial charge in [0.25, 0.3) is 5.91 Å². The van der Waals surface area contributed by atoms with E-state index < -0.39 is 5.91 Å². The van der Waals surface area contributed by atoms with Crippen molar-refractivity contribution < 1.29 is 9.53 Å². The maximum atomic E-state index is 12.1. The first-order chi connectivity index (χ1) is 11.1. The van der Waals surface area contributed by atoms with Crippen LogP contribution >= 0.6 is 23.2 Å². The Morgan fingerprint density at radius 2 is 1.87 bits per heavy atom. The van der Waals surface area contributed by atoms with Gasteiger partial charge in [-0.25, -0.2) is 19.9 Å². The average molecular weight is 355 g/mol. The van der Waals surface area contributed by atoms with Gasteiger partial charge in [0.05, 0.1) is 31.3 Å². The molecule has 0 bridgehead atoms. The summed E-state index contributed by atoms with van der Waals surface area (Å²) in [5, 5.41) is 2.62. The van der Waals surface area contributed by atoms with Crippen LogP contribution in [-0.2, 0) is 4.74 Å². The molecule has 120 valence electrons. The highest BCUT2D eigenvalue weighted by Gasteiger charge is 2.15. The zero-order valence-electron chi connectivity index (χ0n) is 11.9. The molecule has 1 saturated heterocycles. The predicted molar refractivity (Wildman–Crippen MR) is 85.1 cm³/mol. The highest BCUT2D eigenvalue weighted by atomic mass is 35.5. The van der Waals surface area contributed by atoms with Crippen LogP contribution in [-0.4, -0.2) is 52.1 Å². The molecule has 0 unspecified atom stereocenters. The number of nitrogens with zero attached hydrogens (tertiary/aromatic N) is 5. The predicted octanol–water partition coefficient (Wildman–Crippen LogP) is 1.66. The van der Waals surface area contributed by atoms with Gasteiger partial charge >= 0.3 is 0 Å². The molecule has 2 aromatic rings. The van der Waals surface area contributed by atoms with Crippen molar-refractivity contribution in [2.75, 3.05) is 36.5 Å². The van der Waals surface area contributed by atoms with E-state index in [1.165, 1.54) is 18.5 Å². The first kappa shape index (κ1) is 15.9. The number of hydrogen-bond acceptors (Lipinski definition) is 7. The first-order valence-corrected chi connectivity index (χ1v) is 7.53. The van der Waals surface area contributed by atoms with Gasteiger partial charge in [-0.05, 0) is 11.6 Å². The van der Waals surface area contributed by atoms with E-state index in [0.717, 1.165) is 13.1 Å². The molecule has 2 aromatic heterocycles. The number of morpholine rings is 1. The molecule has 10 heteroatoms. The van der Waals surface area contributed by atoms with Gasteiger partial charge in [-0.1, -0.05) is 11.6 Å². The number of nitrogens with one attached hydrogen (secondary N) is 1. The van der Waals surface area contributed by atoms with E-state index in [0.29, 0.717) is 24.8 Å². The topological polar surface area (TPSA) is 93.1 Å². The molecule has 1 amide bonds. The van der Waals surface area contributed by atoms with Crippen LogP contribution in [0.1, 0.15) is 10.5 Å². The summed E-state index contributed by atoms with van der Waals surface area (Å²) in [6.07, 6.45) is 3.06. The van der Waals surface area contributed by atoms with Crippen LogP contribution in [0.2, 0.25) is 10.4 Å². The average Bonchev–Trinajstić information content (AvgIpc) is 2.55. The van der Waals surface area contributed by atoms with Crippen molar-refractivity contribution in [2.45, 2.75) is 0 Å². The fourth-order valence-electron chi connectivity index (χ4n) is 2.01.